The lowest BCUT2D eigenvalue weighted by Gasteiger charge is -2.24. The number of hydrogen-bond donors (Lipinski definition) is 2. The molecule has 0 aliphatic rings. The van der Waals surface area contributed by atoms with Crippen molar-refractivity contribution in [2.24, 2.45) is 0 Å². The number of benzene rings is 2. The molecule has 0 bridgehead atoms. The molecule has 2 N–H and O–H groups in total. The highest BCUT2D eigenvalue weighted by molar-refractivity contribution is 6.08. The van der Waals surface area contributed by atoms with Crippen LogP contribution in [0.15, 0.2) is 66.9 Å². The maximum atomic E-state index is 13.0. The summed E-state index contributed by atoms with van der Waals surface area (Å²) in [6.07, 6.45) is 2.67. The third-order valence-electron chi connectivity index (χ3n) is 5.17. The zero-order chi connectivity index (χ0) is 22.4. The summed E-state index contributed by atoms with van der Waals surface area (Å²) in [7, 11) is 3.92. The Kier molecular flexibility index (Phi) is 13.0. The molecule has 1 heterocycles. The van der Waals surface area contributed by atoms with Crippen LogP contribution in [-0.4, -0.2) is 31.5 Å². The molecular weight excluding hydrogens is 491 g/mol. The molecule has 0 radical (unpaired) electrons. The number of carbonyl (C=O) groups excluding carboxylic acids is 1. The quantitative estimate of drug-likeness (QED) is 0.364. The van der Waals surface area contributed by atoms with Crippen molar-refractivity contribution in [1.29, 1.82) is 0 Å². The van der Waals surface area contributed by atoms with Crippen molar-refractivity contribution in [2.45, 2.75) is 32.6 Å². The number of aromatic nitrogens is 1. The Morgan fingerprint density at radius 2 is 1.56 bits per heavy atom. The molecule has 1 amide bonds. The van der Waals surface area contributed by atoms with E-state index in [4.69, 9.17) is 0 Å². The second kappa shape index (κ2) is 14.1. The molecule has 8 heteroatoms. The van der Waals surface area contributed by atoms with Crippen LogP contribution in [-0.2, 0) is 11.8 Å². The van der Waals surface area contributed by atoms with Crippen molar-refractivity contribution < 1.29 is 4.79 Å². The average Bonchev–Trinajstić information content (AvgIpc) is 2.74. The van der Waals surface area contributed by atoms with Gasteiger partial charge in [0.05, 0.1) is 5.56 Å². The number of pyridine rings is 1. The monoisotopic (exact) mass is 524 g/mol. The van der Waals surface area contributed by atoms with Crippen LogP contribution in [0.1, 0.15) is 42.4 Å². The topological polar surface area (TPSA) is 57.3 Å². The number of anilines is 3. The standard InChI is InChI=1S/C26H32N4O.3ClH/c1-26(2,3)19-9-14-23(24(18-19)30(4)5)25(31)29-22-12-10-21(11-13-22)28-17-15-20-8-6-7-16-27-20;;;/h6-14,16,18,28H,15,17H2,1-5H3,(H,29,31);3*1H. The van der Waals surface area contributed by atoms with E-state index in [0.717, 1.165) is 35.7 Å². The number of carbonyl (C=O) groups is 1. The number of halogens is 3. The molecule has 0 aliphatic heterocycles. The maximum Gasteiger partial charge on any atom is 0.257 e. The molecule has 0 aliphatic carbocycles. The van der Waals surface area contributed by atoms with Gasteiger partial charge in [-0.1, -0.05) is 32.9 Å². The zero-order valence-electron chi connectivity index (χ0n) is 20.3. The summed E-state index contributed by atoms with van der Waals surface area (Å²) >= 11 is 0. The Hall–Kier alpha value is -2.47. The third-order valence-corrected chi connectivity index (χ3v) is 5.17. The minimum Gasteiger partial charge on any atom is -0.385 e. The molecule has 1 aromatic heterocycles. The van der Waals surface area contributed by atoms with Crippen LogP contribution < -0.4 is 15.5 Å². The fourth-order valence-electron chi connectivity index (χ4n) is 3.31. The Bertz CT molecular complexity index is 1020. The molecule has 5 nitrogen and oxygen atoms in total. The first kappa shape index (κ1) is 31.5. The average molecular weight is 526 g/mol. The highest BCUT2D eigenvalue weighted by Gasteiger charge is 2.19. The van der Waals surface area contributed by atoms with Gasteiger partial charge in [0.2, 0.25) is 0 Å². The maximum absolute atomic E-state index is 13.0. The lowest BCUT2D eigenvalue weighted by molar-refractivity contribution is 0.102. The Morgan fingerprint density at radius 1 is 0.912 bits per heavy atom. The van der Waals surface area contributed by atoms with Crippen LogP contribution in [0.5, 0.6) is 0 Å². The second-order valence-electron chi connectivity index (χ2n) is 8.91. The van der Waals surface area contributed by atoms with Crippen molar-refractivity contribution in [3.63, 3.8) is 0 Å². The molecule has 0 saturated heterocycles. The van der Waals surface area contributed by atoms with Gasteiger partial charge >= 0.3 is 0 Å². The van der Waals surface area contributed by atoms with E-state index in [1.54, 1.807) is 0 Å². The Balaban J connectivity index is 0.00000363. The first-order valence-electron chi connectivity index (χ1n) is 10.6. The number of rotatable bonds is 7. The fraction of sp³-hybridized carbons (Fsp3) is 0.308. The number of nitrogens with one attached hydrogen (secondary N) is 2. The smallest absolute Gasteiger partial charge is 0.257 e. The van der Waals surface area contributed by atoms with Crippen molar-refractivity contribution >= 4 is 60.2 Å². The predicted molar refractivity (Wildman–Crippen MR) is 152 cm³/mol. The number of amides is 1. The molecular formula is C26H35Cl3N4O. The van der Waals surface area contributed by atoms with E-state index in [9.17, 15) is 4.79 Å². The van der Waals surface area contributed by atoms with Gasteiger partial charge in [0.1, 0.15) is 0 Å². The fourth-order valence-corrected chi connectivity index (χ4v) is 3.31. The summed E-state index contributed by atoms with van der Waals surface area (Å²) < 4.78 is 0. The van der Waals surface area contributed by atoms with Gasteiger partial charge in [-0.25, -0.2) is 0 Å². The minimum absolute atomic E-state index is 0. The van der Waals surface area contributed by atoms with E-state index < -0.39 is 0 Å². The van der Waals surface area contributed by atoms with Crippen LogP contribution in [0.2, 0.25) is 0 Å². The van der Waals surface area contributed by atoms with Crippen molar-refractivity contribution in [1.82, 2.24) is 4.98 Å². The molecule has 0 spiro atoms. The highest BCUT2D eigenvalue weighted by Crippen LogP contribution is 2.29. The lowest BCUT2D eigenvalue weighted by atomic mass is 9.86. The molecule has 0 unspecified atom stereocenters. The van der Waals surface area contributed by atoms with Crippen LogP contribution in [0.4, 0.5) is 17.1 Å². The van der Waals surface area contributed by atoms with Crippen LogP contribution >= 0.6 is 37.2 Å². The number of hydrogen-bond acceptors (Lipinski definition) is 4. The Labute approximate surface area is 222 Å². The second-order valence-corrected chi connectivity index (χ2v) is 8.91. The van der Waals surface area contributed by atoms with E-state index in [2.05, 4.69) is 42.5 Å². The van der Waals surface area contributed by atoms with Gasteiger partial charge in [0, 0.05) is 56.0 Å². The van der Waals surface area contributed by atoms with Crippen molar-refractivity contribution in [2.75, 3.05) is 36.2 Å². The van der Waals surface area contributed by atoms with Gasteiger partial charge in [-0.2, -0.15) is 0 Å². The van der Waals surface area contributed by atoms with Gasteiger partial charge in [0.25, 0.3) is 5.91 Å². The van der Waals surface area contributed by atoms with E-state index in [1.807, 2.05) is 79.8 Å². The van der Waals surface area contributed by atoms with Gasteiger partial charge < -0.3 is 15.5 Å². The molecule has 0 saturated carbocycles. The minimum atomic E-state index is -0.111. The number of nitrogens with zero attached hydrogens (tertiary/aromatic N) is 2. The molecule has 34 heavy (non-hydrogen) atoms. The van der Waals surface area contributed by atoms with E-state index in [0.29, 0.717) is 5.56 Å². The molecule has 2 aromatic carbocycles. The largest absolute Gasteiger partial charge is 0.385 e. The summed E-state index contributed by atoms with van der Waals surface area (Å²) in [6.45, 7) is 7.32. The van der Waals surface area contributed by atoms with Gasteiger partial charge in [0.15, 0.2) is 0 Å². The molecule has 186 valence electrons. The predicted octanol–water partition coefficient (Wildman–Crippen LogP) is 6.62. The summed E-state index contributed by atoms with van der Waals surface area (Å²) in [5.74, 6) is -0.111. The molecule has 0 fully saturated rings. The first-order valence-corrected chi connectivity index (χ1v) is 10.6. The molecule has 3 rings (SSSR count). The van der Waals surface area contributed by atoms with Crippen molar-refractivity contribution in [3.8, 4) is 0 Å². The summed E-state index contributed by atoms with van der Waals surface area (Å²) in [5.41, 5.74) is 5.65. The van der Waals surface area contributed by atoms with E-state index in [-0.39, 0.29) is 48.5 Å². The summed E-state index contributed by atoms with van der Waals surface area (Å²) in [4.78, 5) is 19.3. The van der Waals surface area contributed by atoms with E-state index in [1.165, 1.54) is 5.56 Å². The lowest BCUT2D eigenvalue weighted by Crippen LogP contribution is -2.20. The van der Waals surface area contributed by atoms with Crippen LogP contribution in [0.3, 0.4) is 0 Å². The van der Waals surface area contributed by atoms with Crippen LogP contribution in [0, 0.1) is 0 Å². The van der Waals surface area contributed by atoms with Crippen molar-refractivity contribution in [3.05, 3.63) is 83.7 Å². The summed E-state index contributed by atoms with van der Waals surface area (Å²) in [5, 5.41) is 6.41. The van der Waals surface area contributed by atoms with Gasteiger partial charge in [-0.3, -0.25) is 9.78 Å². The summed E-state index contributed by atoms with van der Waals surface area (Å²) in [6, 6.07) is 19.8. The first-order chi connectivity index (χ1) is 14.7. The normalized spacial score (nSPS) is 10.1. The van der Waals surface area contributed by atoms with E-state index >= 15 is 0 Å². The van der Waals surface area contributed by atoms with Crippen LogP contribution in [0.25, 0.3) is 0 Å². The third kappa shape index (κ3) is 8.71. The molecule has 3 aromatic rings. The highest BCUT2D eigenvalue weighted by atomic mass is 35.5. The molecule has 0 atom stereocenters. The zero-order valence-corrected chi connectivity index (χ0v) is 22.7. The van der Waals surface area contributed by atoms with Gasteiger partial charge in [-0.15, -0.1) is 37.2 Å². The van der Waals surface area contributed by atoms with Gasteiger partial charge in [-0.05, 0) is 59.5 Å². The Morgan fingerprint density at radius 3 is 2.12 bits per heavy atom. The SMILES string of the molecule is CN(C)c1cc(C(C)(C)C)ccc1C(=O)Nc1ccc(NCCc2ccccn2)cc1.Cl.Cl.Cl.